The zero-order valence-electron chi connectivity index (χ0n) is 9.09. The Morgan fingerprint density at radius 2 is 2.12 bits per heavy atom. The summed E-state index contributed by atoms with van der Waals surface area (Å²) < 4.78 is 1.14. The second-order valence-corrected chi connectivity index (χ2v) is 5.56. The van der Waals surface area contributed by atoms with E-state index in [4.69, 9.17) is 0 Å². The van der Waals surface area contributed by atoms with Crippen molar-refractivity contribution < 1.29 is 0 Å². The predicted octanol–water partition coefficient (Wildman–Crippen LogP) is 3.41. The van der Waals surface area contributed by atoms with E-state index in [1.165, 1.54) is 4.88 Å². The van der Waals surface area contributed by atoms with Crippen LogP contribution in [0.4, 0.5) is 5.82 Å². The largest absolute Gasteiger partial charge is 0.368 e. The first kappa shape index (κ1) is 10.7. The number of anilines is 1. The Morgan fingerprint density at radius 1 is 1.12 bits per heavy atom. The molecule has 0 aliphatic carbocycles. The summed E-state index contributed by atoms with van der Waals surface area (Å²) in [6.45, 7) is 0.907. The van der Waals surface area contributed by atoms with Crippen molar-refractivity contribution in [3.8, 4) is 0 Å². The highest BCUT2D eigenvalue weighted by atomic mass is 32.1. The molecule has 0 spiro atoms. The summed E-state index contributed by atoms with van der Waals surface area (Å²) in [6, 6.07) is 6.27. The van der Waals surface area contributed by atoms with Gasteiger partial charge in [-0.25, -0.2) is 9.97 Å². The third-order valence-electron chi connectivity index (χ3n) is 2.49. The smallest absolute Gasteiger partial charge is 0.147 e. The molecule has 0 atom stereocenters. The van der Waals surface area contributed by atoms with Crippen molar-refractivity contribution in [2.24, 2.45) is 0 Å². The molecule has 3 nitrogen and oxygen atoms in total. The molecule has 0 aromatic carbocycles. The van der Waals surface area contributed by atoms with Gasteiger partial charge in [0.25, 0.3) is 0 Å². The number of rotatable bonds is 4. The minimum atomic E-state index is 0.907. The quantitative estimate of drug-likeness (QED) is 0.782. The molecule has 17 heavy (non-hydrogen) atoms. The van der Waals surface area contributed by atoms with E-state index in [2.05, 4.69) is 32.8 Å². The number of fused-ring (bicyclic) bond motifs is 1. The van der Waals surface area contributed by atoms with Gasteiger partial charge in [-0.15, -0.1) is 22.7 Å². The van der Waals surface area contributed by atoms with Crippen molar-refractivity contribution in [3.05, 3.63) is 40.2 Å². The van der Waals surface area contributed by atoms with E-state index < -0.39 is 0 Å². The van der Waals surface area contributed by atoms with Gasteiger partial charge in [0.05, 0.1) is 10.2 Å². The van der Waals surface area contributed by atoms with Crippen LogP contribution in [0.1, 0.15) is 4.88 Å². The van der Waals surface area contributed by atoms with Gasteiger partial charge < -0.3 is 5.32 Å². The highest BCUT2D eigenvalue weighted by Crippen LogP contribution is 2.24. The van der Waals surface area contributed by atoms with Gasteiger partial charge in [-0.1, -0.05) is 6.07 Å². The molecule has 0 aliphatic heterocycles. The summed E-state index contributed by atoms with van der Waals surface area (Å²) in [6.07, 6.45) is 2.65. The van der Waals surface area contributed by atoms with Gasteiger partial charge in [0.2, 0.25) is 0 Å². The Labute approximate surface area is 107 Å². The topological polar surface area (TPSA) is 37.8 Å². The number of hydrogen-bond acceptors (Lipinski definition) is 5. The lowest BCUT2D eigenvalue weighted by atomic mass is 10.3. The lowest BCUT2D eigenvalue weighted by Gasteiger charge is -2.04. The molecule has 0 bridgehead atoms. The average Bonchev–Trinajstić information content (AvgIpc) is 2.99. The highest BCUT2D eigenvalue weighted by molar-refractivity contribution is 7.17. The van der Waals surface area contributed by atoms with Gasteiger partial charge in [-0.05, 0) is 29.3 Å². The molecule has 0 saturated carbocycles. The summed E-state index contributed by atoms with van der Waals surface area (Å²) in [4.78, 5) is 9.91. The zero-order chi connectivity index (χ0) is 11.5. The second kappa shape index (κ2) is 4.81. The van der Waals surface area contributed by atoms with Crippen molar-refractivity contribution in [3.63, 3.8) is 0 Å². The molecule has 3 rings (SSSR count). The predicted molar refractivity (Wildman–Crippen MR) is 73.9 cm³/mol. The van der Waals surface area contributed by atoms with Crippen molar-refractivity contribution >= 4 is 38.7 Å². The van der Waals surface area contributed by atoms with Crippen molar-refractivity contribution in [2.75, 3.05) is 11.9 Å². The molecule has 3 aromatic heterocycles. The van der Waals surface area contributed by atoms with E-state index in [-0.39, 0.29) is 0 Å². The fourth-order valence-electron chi connectivity index (χ4n) is 1.67. The van der Waals surface area contributed by atoms with Crippen LogP contribution in [0.5, 0.6) is 0 Å². The fourth-order valence-corrected chi connectivity index (χ4v) is 3.19. The van der Waals surface area contributed by atoms with E-state index >= 15 is 0 Å². The molecular formula is C12H11N3S2. The maximum Gasteiger partial charge on any atom is 0.147 e. The number of nitrogens with one attached hydrogen (secondary N) is 1. The zero-order valence-corrected chi connectivity index (χ0v) is 10.7. The summed E-state index contributed by atoms with van der Waals surface area (Å²) in [5.74, 6) is 0.946. The summed E-state index contributed by atoms with van der Waals surface area (Å²) >= 11 is 3.47. The molecule has 0 fully saturated rings. The molecule has 3 heterocycles. The Balaban J connectivity index is 1.70. The molecule has 3 aromatic rings. The molecule has 0 aliphatic rings. The number of hydrogen-bond donors (Lipinski definition) is 1. The van der Waals surface area contributed by atoms with Crippen LogP contribution in [-0.4, -0.2) is 16.5 Å². The molecule has 0 amide bonds. The molecule has 1 N–H and O–H groups in total. The van der Waals surface area contributed by atoms with Gasteiger partial charge in [-0.3, -0.25) is 0 Å². The minimum absolute atomic E-state index is 0.907. The van der Waals surface area contributed by atoms with Crippen molar-refractivity contribution in [2.45, 2.75) is 6.42 Å². The highest BCUT2D eigenvalue weighted by Gasteiger charge is 2.03. The van der Waals surface area contributed by atoms with E-state index in [1.54, 1.807) is 29.0 Å². The fraction of sp³-hybridized carbons (Fsp3) is 0.167. The van der Waals surface area contributed by atoms with Gasteiger partial charge in [0.1, 0.15) is 12.1 Å². The van der Waals surface area contributed by atoms with Crippen LogP contribution in [0.3, 0.4) is 0 Å². The average molecular weight is 261 g/mol. The molecule has 0 unspecified atom stereocenters. The van der Waals surface area contributed by atoms with Crippen LogP contribution in [0.15, 0.2) is 35.3 Å². The van der Waals surface area contributed by atoms with Crippen molar-refractivity contribution in [1.29, 1.82) is 0 Å². The Kier molecular flexibility index (Phi) is 3.02. The Hall–Kier alpha value is -1.46. The van der Waals surface area contributed by atoms with E-state index in [9.17, 15) is 0 Å². The number of aromatic nitrogens is 2. The van der Waals surface area contributed by atoms with Gasteiger partial charge >= 0.3 is 0 Å². The molecule has 5 heteroatoms. The molecule has 0 radical (unpaired) electrons. The normalized spacial score (nSPS) is 10.8. The molecule has 0 saturated heterocycles. The van der Waals surface area contributed by atoms with Crippen molar-refractivity contribution in [1.82, 2.24) is 9.97 Å². The van der Waals surface area contributed by atoms with Gasteiger partial charge in [0, 0.05) is 11.4 Å². The van der Waals surface area contributed by atoms with Crippen LogP contribution in [0.25, 0.3) is 10.2 Å². The Bertz CT molecular complexity index is 601. The first-order chi connectivity index (χ1) is 8.43. The van der Waals surface area contributed by atoms with Crippen LogP contribution < -0.4 is 5.32 Å². The standard InChI is InChI=1S/C12H11N3S2/c1-2-9(16-6-1)3-5-13-12-11-10(4-7-17-11)14-8-15-12/h1-2,4,6-8H,3,5H2,(H,13,14,15). The third-order valence-corrected chi connectivity index (χ3v) is 4.33. The van der Waals surface area contributed by atoms with Crippen LogP contribution in [0, 0.1) is 0 Å². The molecular weight excluding hydrogens is 250 g/mol. The summed E-state index contributed by atoms with van der Waals surface area (Å²) in [5.41, 5.74) is 1.02. The Morgan fingerprint density at radius 3 is 3.00 bits per heavy atom. The van der Waals surface area contributed by atoms with Crippen LogP contribution >= 0.6 is 22.7 Å². The number of thiophene rings is 2. The monoisotopic (exact) mass is 261 g/mol. The lowest BCUT2D eigenvalue weighted by Crippen LogP contribution is -2.05. The first-order valence-electron chi connectivity index (χ1n) is 5.38. The number of nitrogens with zero attached hydrogens (tertiary/aromatic N) is 2. The first-order valence-corrected chi connectivity index (χ1v) is 7.14. The lowest BCUT2D eigenvalue weighted by molar-refractivity contribution is 1.03. The second-order valence-electron chi connectivity index (χ2n) is 3.61. The van der Waals surface area contributed by atoms with E-state index in [1.807, 2.05) is 11.4 Å². The third kappa shape index (κ3) is 2.30. The molecule has 86 valence electrons. The van der Waals surface area contributed by atoms with Gasteiger partial charge in [-0.2, -0.15) is 0 Å². The maximum atomic E-state index is 4.29. The van der Waals surface area contributed by atoms with Crippen LogP contribution in [0.2, 0.25) is 0 Å². The summed E-state index contributed by atoms with van der Waals surface area (Å²) in [5, 5.41) is 7.53. The maximum absolute atomic E-state index is 4.29. The van der Waals surface area contributed by atoms with Gasteiger partial charge in [0.15, 0.2) is 0 Å². The SMILES string of the molecule is c1csc(CCNc2ncnc3ccsc23)c1. The van der Waals surface area contributed by atoms with E-state index in [0.717, 1.165) is 29.0 Å². The van der Waals surface area contributed by atoms with E-state index in [0.29, 0.717) is 0 Å². The summed E-state index contributed by atoms with van der Waals surface area (Å²) in [7, 11) is 0. The minimum Gasteiger partial charge on any atom is -0.368 e. The van der Waals surface area contributed by atoms with Crippen LogP contribution in [-0.2, 0) is 6.42 Å².